The first-order valence-corrected chi connectivity index (χ1v) is 12.4. The van der Waals surface area contributed by atoms with E-state index in [1.807, 2.05) is 36.9 Å². The van der Waals surface area contributed by atoms with Crippen LogP contribution in [0.1, 0.15) is 15.3 Å². The molecule has 1 aliphatic heterocycles. The number of carbonyl (C=O) groups is 1. The van der Waals surface area contributed by atoms with E-state index in [9.17, 15) is 4.79 Å². The largest absolute Gasteiger partial charge is 0.368 e. The maximum absolute atomic E-state index is 12.5. The van der Waals surface area contributed by atoms with Crippen molar-refractivity contribution in [1.29, 1.82) is 0 Å². The Kier molecular flexibility index (Phi) is 7.60. The lowest BCUT2D eigenvalue weighted by molar-refractivity contribution is 0.208. The Labute approximate surface area is 167 Å². The summed E-state index contributed by atoms with van der Waals surface area (Å²) in [7, 11) is -0.730. The fourth-order valence-electron chi connectivity index (χ4n) is 2.96. The van der Waals surface area contributed by atoms with Crippen molar-refractivity contribution in [1.82, 2.24) is 4.90 Å². The average Bonchev–Trinajstić information content (AvgIpc) is 2.70. The molecule has 0 bridgehead atoms. The van der Waals surface area contributed by atoms with Crippen LogP contribution in [0.5, 0.6) is 0 Å². The predicted octanol–water partition coefficient (Wildman–Crippen LogP) is 5.37. The number of anilines is 2. The fourth-order valence-corrected chi connectivity index (χ4v) is 3.91. The SMILES string of the molecule is CC.CS(C)(C)c1ccc(NC(=O)N2CCN(c3ccccc3)CC2)cc1.[HH]. The lowest BCUT2D eigenvalue weighted by Gasteiger charge is -2.36. The Morgan fingerprint density at radius 2 is 1.44 bits per heavy atom. The van der Waals surface area contributed by atoms with Gasteiger partial charge in [0.25, 0.3) is 0 Å². The number of piperazine rings is 1. The number of urea groups is 1. The highest BCUT2D eigenvalue weighted by molar-refractivity contribution is 8.32. The van der Waals surface area contributed by atoms with Crippen molar-refractivity contribution in [2.75, 3.05) is 55.2 Å². The molecule has 5 heteroatoms. The van der Waals surface area contributed by atoms with Gasteiger partial charge < -0.3 is 15.1 Å². The Morgan fingerprint density at radius 1 is 0.889 bits per heavy atom. The van der Waals surface area contributed by atoms with E-state index >= 15 is 0 Å². The predicted molar refractivity (Wildman–Crippen MR) is 123 cm³/mol. The molecule has 150 valence electrons. The van der Waals surface area contributed by atoms with E-state index in [4.69, 9.17) is 0 Å². The Balaban J connectivity index is 0.00000127. The van der Waals surface area contributed by atoms with Gasteiger partial charge in [0.15, 0.2) is 0 Å². The van der Waals surface area contributed by atoms with Crippen LogP contribution in [-0.4, -0.2) is 55.9 Å². The number of hydrogen-bond donors (Lipinski definition) is 1. The average molecular weight is 390 g/mol. The van der Waals surface area contributed by atoms with Crippen molar-refractivity contribution in [2.45, 2.75) is 18.7 Å². The summed E-state index contributed by atoms with van der Waals surface area (Å²) < 4.78 is 0. The van der Waals surface area contributed by atoms with Crippen LogP contribution in [0.3, 0.4) is 0 Å². The minimum atomic E-state index is -0.730. The summed E-state index contributed by atoms with van der Waals surface area (Å²) in [5.74, 6) is 0. The molecule has 0 atom stereocenters. The highest BCUT2D eigenvalue weighted by Crippen LogP contribution is 2.45. The van der Waals surface area contributed by atoms with Gasteiger partial charge in [0, 0.05) is 39.0 Å². The third-order valence-electron chi connectivity index (χ3n) is 4.50. The third kappa shape index (κ3) is 5.93. The van der Waals surface area contributed by atoms with E-state index in [1.54, 1.807) is 0 Å². The molecule has 0 aromatic heterocycles. The summed E-state index contributed by atoms with van der Waals surface area (Å²) in [6.45, 7) is 7.21. The van der Waals surface area contributed by atoms with Crippen LogP contribution in [0, 0.1) is 0 Å². The first kappa shape index (κ1) is 21.2. The topological polar surface area (TPSA) is 35.6 Å². The molecule has 0 radical (unpaired) electrons. The van der Waals surface area contributed by atoms with Crippen LogP contribution in [0.25, 0.3) is 0 Å². The van der Waals surface area contributed by atoms with Crippen molar-refractivity contribution in [3.8, 4) is 0 Å². The molecule has 0 saturated carbocycles. The van der Waals surface area contributed by atoms with Crippen molar-refractivity contribution in [3.63, 3.8) is 0 Å². The van der Waals surface area contributed by atoms with Crippen molar-refractivity contribution >= 4 is 27.4 Å². The zero-order valence-electron chi connectivity index (χ0n) is 17.2. The summed E-state index contributed by atoms with van der Waals surface area (Å²) >= 11 is 0. The van der Waals surface area contributed by atoms with E-state index in [0.29, 0.717) is 0 Å². The zero-order chi connectivity index (χ0) is 19.9. The van der Waals surface area contributed by atoms with Crippen LogP contribution in [0.2, 0.25) is 0 Å². The minimum Gasteiger partial charge on any atom is -0.368 e. The van der Waals surface area contributed by atoms with Crippen molar-refractivity contribution in [2.24, 2.45) is 0 Å². The number of amides is 2. The number of nitrogens with one attached hydrogen (secondary N) is 1. The second-order valence-corrected chi connectivity index (χ2v) is 11.2. The number of nitrogens with zero attached hydrogens (tertiary/aromatic N) is 2. The summed E-state index contributed by atoms with van der Waals surface area (Å²) in [6.07, 6.45) is 6.81. The Hall–Kier alpha value is -2.14. The van der Waals surface area contributed by atoms with Crippen molar-refractivity contribution < 1.29 is 6.22 Å². The summed E-state index contributed by atoms with van der Waals surface area (Å²) in [5, 5.41) is 3.02. The van der Waals surface area contributed by atoms with Gasteiger partial charge in [0.05, 0.1) is 0 Å². The van der Waals surface area contributed by atoms with Crippen molar-refractivity contribution in [3.05, 3.63) is 54.6 Å². The molecular formula is C22H35N3OS. The van der Waals surface area contributed by atoms with Gasteiger partial charge >= 0.3 is 6.03 Å². The van der Waals surface area contributed by atoms with E-state index in [1.165, 1.54) is 10.6 Å². The van der Waals surface area contributed by atoms with E-state index in [0.717, 1.165) is 31.9 Å². The lowest BCUT2D eigenvalue weighted by Crippen LogP contribution is -2.50. The molecule has 27 heavy (non-hydrogen) atoms. The molecule has 1 heterocycles. The van der Waals surface area contributed by atoms with Crippen LogP contribution >= 0.6 is 10.0 Å². The van der Waals surface area contributed by atoms with Crippen LogP contribution in [-0.2, 0) is 0 Å². The van der Waals surface area contributed by atoms with Gasteiger partial charge in [0.2, 0.25) is 0 Å². The molecule has 1 N–H and O–H groups in total. The molecule has 1 fully saturated rings. The molecule has 4 nitrogen and oxygen atoms in total. The summed E-state index contributed by atoms with van der Waals surface area (Å²) in [6, 6.07) is 18.6. The lowest BCUT2D eigenvalue weighted by atomic mass is 10.2. The summed E-state index contributed by atoms with van der Waals surface area (Å²) in [4.78, 5) is 18.1. The van der Waals surface area contributed by atoms with Crippen LogP contribution < -0.4 is 10.2 Å². The smallest absolute Gasteiger partial charge is 0.321 e. The van der Waals surface area contributed by atoms with Gasteiger partial charge in [-0.1, -0.05) is 32.0 Å². The molecule has 2 aromatic carbocycles. The molecule has 2 amide bonds. The van der Waals surface area contributed by atoms with Gasteiger partial charge in [0.1, 0.15) is 0 Å². The first-order valence-electron chi connectivity index (χ1n) is 9.58. The zero-order valence-corrected chi connectivity index (χ0v) is 18.1. The van der Waals surface area contributed by atoms with E-state index < -0.39 is 10.0 Å². The van der Waals surface area contributed by atoms with Crippen LogP contribution in [0.4, 0.5) is 16.2 Å². The van der Waals surface area contributed by atoms with Crippen LogP contribution in [0.15, 0.2) is 59.5 Å². The molecular weight excluding hydrogens is 354 g/mol. The Morgan fingerprint density at radius 3 is 1.96 bits per heavy atom. The second kappa shape index (κ2) is 9.70. The van der Waals surface area contributed by atoms with E-state index in [2.05, 4.69) is 65.4 Å². The quantitative estimate of drug-likeness (QED) is 0.766. The highest BCUT2D eigenvalue weighted by atomic mass is 32.3. The molecule has 0 unspecified atom stereocenters. The van der Waals surface area contributed by atoms with Gasteiger partial charge in [-0.3, -0.25) is 0 Å². The number of para-hydroxylation sites is 1. The normalized spacial score (nSPS) is 14.9. The van der Waals surface area contributed by atoms with Gasteiger partial charge in [-0.25, -0.2) is 14.8 Å². The molecule has 2 aromatic rings. The number of hydrogen-bond acceptors (Lipinski definition) is 2. The Bertz CT molecular complexity index is 709. The number of rotatable bonds is 3. The number of carbonyl (C=O) groups excluding carboxylic acids is 1. The monoisotopic (exact) mass is 389 g/mol. The van der Waals surface area contributed by atoms with Gasteiger partial charge in [-0.2, -0.15) is 0 Å². The van der Waals surface area contributed by atoms with Gasteiger partial charge in [-0.05, 0) is 60.1 Å². The molecule has 1 aliphatic rings. The minimum absolute atomic E-state index is 0. The highest BCUT2D eigenvalue weighted by Gasteiger charge is 2.21. The molecule has 0 spiro atoms. The van der Waals surface area contributed by atoms with E-state index in [-0.39, 0.29) is 7.46 Å². The molecule has 0 aliphatic carbocycles. The van der Waals surface area contributed by atoms with Gasteiger partial charge in [-0.15, -0.1) is 0 Å². The standard InChI is InChI=1S/C20H27N3OS.C2H6.H2/c1-25(2,3)19-11-9-17(10-12-19)21-20(24)23-15-13-22(14-16-23)18-7-5-4-6-8-18;1-2;/h4-12H,13-16H2,1-3H3,(H,21,24);1-2H3;1H. The third-order valence-corrected chi connectivity index (χ3v) is 6.19. The number of benzene rings is 2. The first-order chi connectivity index (χ1) is 12.9. The maximum atomic E-state index is 12.5. The summed E-state index contributed by atoms with van der Waals surface area (Å²) in [5.41, 5.74) is 2.09. The second-order valence-electron chi connectivity index (χ2n) is 7.10. The molecule has 3 rings (SSSR count). The maximum Gasteiger partial charge on any atom is 0.321 e. The molecule has 1 saturated heterocycles. The fraction of sp³-hybridized carbons (Fsp3) is 0.409.